The summed E-state index contributed by atoms with van der Waals surface area (Å²) in [4.78, 5) is 2.46. The van der Waals surface area contributed by atoms with Crippen molar-refractivity contribution in [2.24, 2.45) is 0 Å². The average Bonchev–Trinajstić information content (AvgIpc) is 2.17. The van der Waals surface area contributed by atoms with Gasteiger partial charge in [0.25, 0.3) is 0 Å². The van der Waals surface area contributed by atoms with Crippen molar-refractivity contribution >= 4 is 5.69 Å². The van der Waals surface area contributed by atoms with E-state index in [9.17, 15) is 0 Å². The Morgan fingerprint density at radius 2 is 1.67 bits per heavy atom. The lowest BCUT2D eigenvalue weighted by Crippen LogP contribution is -2.36. The van der Waals surface area contributed by atoms with Crippen molar-refractivity contribution in [3.8, 4) is 0 Å². The summed E-state index contributed by atoms with van der Waals surface area (Å²) < 4.78 is 0. The normalized spacial score (nSPS) is 11.1. The van der Waals surface area contributed by atoms with Gasteiger partial charge in [0, 0.05) is 17.8 Å². The van der Waals surface area contributed by atoms with Crippen molar-refractivity contribution in [3.63, 3.8) is 0 Å². The first-order chi connectivity index (χ1) is 7.06. The molecule has 0 atom stereocenters. The van der Waals surface area contributed by atoms with Crippen molar-refractivity contribution in [3.05, 3.63) is 29.8 Å². The van der Waals surface area contributed by atoms with Gasteiger partial charge in [0.15, 0.2) is 0 Å². The summed E-state index contributed by atoms with van der Waals surface area (Å²) in [5, 5.41) is 0. The molecule has 0 aliphatic rings. The van der Waals surface area contributed by atoms with E-state index in [1.54, 1.807) is 0 Å². The van der Waals surface area contributed by atoms with Gasteiger partial charge in [-0.15, -0.1) is 0 Å². The molecule has 1 nitrogen and oxygen atoms in total. The maximum Gasteiger partial charge on any atom is 0.0373 e. The quantitative estimate of drug-likeness (QED) is 0.721. The zero-order chi connectivity index (χ0) is 11.4. The number of aryl methyl sites for hydroxylation is 1. The lowest BCUT2D eigenvalue weighted by Gasteiger charge is -2.33. The van der Waals surface area contributed by atoms with Crippen LogP contribution in [-0.2, 0) is 6.42 Å². The van der Waals surface area contributed by atoms with Crippen molar-refractivity contribution < 1.29 is 0 Å². The maximum atomic E-state index is 2.46. The van der Waals surface area contributed by atoms with Crippen molar-refractivity contribution in [1.82, 2.24) is 0 Å². The van der Waals surface area contributed by atoms with Crippen molar-refractivity contribution in [1.29, 1.82) is 0 Å². The molecule has 1 aromatic carbocycles. The smallest absolute Gasteiger partial charge is 0.0373 e. The third-order valence-electron chi connectivity index (χ3n) is 2.73. The highest BCUT2D eigenvalue weighted by atomic mass is 15.2. The Kier molecular flexibility index (Phi) is 4.19. The molecule has 0 heterocycles. The summed E-state index contributed by atoms with van der Waals surface area (Å²) in [6, 6.07) is 9.97. The van der Waals surface area contributed by atoms with Crippen LogP contribution in [0.1, 0.15) is 40.2 Å². The number of anilines is 1. The van der Waals surface area contributed by atoms with Crippen LogP contribution in [0.3, 0.4) is 0 Å². The van der Waals surface area contributed by atoms with Crippen LogP contribution in [0.5, 0.6) is 0 Å². The molecule has 1 heteroatoms. The fourth-order valence-electron chi connectivity index (χ4n) is 2.13. The Hall–Kier alpha value is -0.980. The molecule has 0 bridgehead atoms. The Morgan fingerprint density at radius 3 is 2.13 bits per heavy atom. The third-order valence-corrected chi connectivity index (χ3v) is 2.73. The van der Waals surface area contributed by atoms with E-state index in [1.807, 2.05) is 0 Å². The third kappa shape index (κ3) is 2.98. The van der Waals surface area contributed by atoms with E-state index in [1.165, 1.54) is 11.3 Å². The molecular weight excluding hydrogens is 182 g/mol. The Bertz CT molecular complexity index is 294. The van der Waals surface area contributed by atoms with E-state index in [-0.39, 0.29) is 0 Å². The van der Waals surface area contributed by atoms with Gasteiger partial charge >= 0.3 is 0 Å². The van der Waals surface area contributed by atoms with Crippen LogP contribution in [0.2, 0.25) is 0 Å². The van der Waals surface area contributed by atoms with E-state index in [0.29, 0.717) is 12.1 Å². The highest BCUT2D eigenvalue weighted by Gasteiger charge is 2.13. The standard InChI is InChI=1S/C14H23N/c1-6-13-8-7-9-14(10-13)15(11(2)3)12(4)5/h7-12H,6H2,1-5H3. The minimum absolute atomic E-state index is 0.553. The second kappa shape index (κ2) is 5.20. The topological polar surface area (TPSA) is 3.24 Å². The van der Waals surface area contributed by atoms with Gasteiger partial charge in [0.05, 0.1) is 0 Å². The van der Waals surface area contributed by atoms with Gasteiger partial charge in [0.2, 0.25) is 0 Å². The number of hydrogen-bond acceptors (Lipinski definition) is 1. The van der Waals surface area contributed by atoms with Gasteiger partial charge in [-0.05, 0) is 51.8 Å². The van der Waals surface area contributed by atoms with Crippen LogP contribution in [-0.4, -0.2) is 12.1 Å². The van der Waals surface area contributed by atoms with Crippen molar-refractivity contribution in [2.45, 2.75) is 53.1 Å². The van der Waals surface area contributed by atoms with Crippen LogP contribution >= 0.6 is 0 Å². The van der Waals surface area contributed by atoms with Gasteiger partial charge < -0.3 is 4.90 Å². The van der Waals surface area contributed by atoms with E-state index in [0.717, 1.165) is 6.42 Å². The first-order valence-electron chi connectivity index (χ1n) is 5.93. The molecule has 0 radical (unpaired) electrons. The van der Waals surface area contributed by atoms with Crippen LogP contribution in [0.15, 0.2) is 24.3 Å². The lowest BCUT2D eigenvalue weighted by molar-refractivity contribution is 0.608. The van der Waals surface area contributed by atoms with Crippen LogP contribution in [0.25, 0.3) is 0 Å². The average molecular weight is 205 g/mol. The van der Waals surface area contributed by atoms with E-state index < -0.39 is 0 Å². The van der Waals surface area contributed by atoms with Crippen LogP contribution in [0.4, 0.5) is 5.69 Å². The summed E-state index contributed by atoms with van der Waals surface area (Å²) in [5.41, 5.74) is 2.76. The fourth-order valence-corrected chi connectivity index (χ4v) is 2.13. The fraction of sp³-hybridized carbons (Fsp3) is 0.571. The molecular formula is C14H23N. The minimum Gasteiger partial charge on any atom is -0.367 e. The summed E-state index contributed by atoms with van der Waals surface area (Å²) in [6.45, 7) is 11.2. The number of benzene rings is 1. The molecule has 0 aliphatic carbocycles. The van der Waals surface area contributed by atoms with E-state index in [2.05, 4.69) is 63.8 Å². The van der Waals surface area contributed by atoms with Gasteiger partial charge in [-0.1, -0.05) is 19.1 Å². The lowest BCUT2D eigenvalue weighted by atomic mass is 10.1. The summed E-state index contributed by atoms with van der Waals surface area (Å²) in [6.07, 6.45) is 1.11. The molecule has 0 unspecified atom stereocenters. The predicted octanol–water partition coefficient (Wildman–Crippen LogP) is 3.87. The van der Waals surface area contributed by atoms with Crippen molar-refractivity contribution in [2.75, 3.05) is 4.90 Å². The molecule has 0 saturated heterocycles. The molecule has 0 saturated carbocycles. The Balaban J connectivity index is 3.00. The van der Waals surface area contributed by atoms with Gasteiger partial charge in [-0.2, -0.15) is 0 Å². The van der Waals surface area contributed by atoms with Crippen LogP contribution < -0.4 is 4.90 Å². The highest BCUT2D eigenvalue weighted by molar-refractivity contribution is 5.50. The first-order valence-corrected chi connectivity index (χ1v) is 5.93. The molecule has 84 valence electrons. The van der Waals surface area contributed by atoms with Gasteiger partial charge in [-0.25, -0.2) is 0 Å². The Labute approximate surface area is 94.1 Å². The molecule has 0 fully saturated rings. The second-order valence-electron chi connectivity index (χ2n) is 4.62. The molecule has 0 aliphatic heterocycles. The Morgan fingerprint density at radius 1 is 1.07 bits per heavy atom. The van der Waals surface area contributed by atoms with Gasteiger partial charge in [0.1, 0.15) is 0 Å². The van der Waals surface area contributed by atoms with Gasteiger partial charge in [-0.3, -0.25) is 0 Å². The molecule has 0 aromatic heterocycles. The molecule has 1 rings (SSSR count). The second-order valence-corrected chi connectivity index (χ2v) is 4.62. The first kappa shape index (κ1) is 12.1. The molecule has 0 spiro atoms. The number of nitrogens with zero attached hydrogens (tertiary/aromatic N) is 1. The minimum atomic E-state index is 0.553. The number of hydrogen-bond donors (Lipinski definition) is 0. The molecule has 15 heavy (non-hydrogen) atoms. The molecule has 1 aromatic rings. The number of rotatable bonds is 4. The van der Waals surface area contributed by atoms with E-state index in [4.69, 9.17) is 0 Å². The maximum absolute atomic E-state index is 2.46. The predicted molar refractivity (Wildman–Crippen MR) is 68.6 cm³/mol. The zero-order valence-corrected chi connectivity index (χ0v) is 10.6. The monoisotopic (exact) mass is 205 g/mol. The molecule has 0 N–H and O–H groups in total. The van der Waals surface area contributed by atoms with Crippen LogP contribution in [0, 0.1) is 0 Å². The zero-order valence-electron chi connectivity index (χ0n) is 10.6. The summed E-state index contributed by atoms with van der Waals surface area (Å²) >= 11 is 0. The van der Waals surface area contributed by atoms with E-state index >= 15 is 0 Å². The highest BCUT2D eigenvalue weighted by Crippen LogP contribution is 2.21. The molecule has 0 amide bonds. The SMILES string of the molecule is CCc1cccc(N(C(C)C)C(C)C)c1. The summed E-state index contributed by atoms with van der Waals surface area (Å²) in [7, 11) is 0. The largest absolute Gasteiger partial charge is 0.367 e. The summed E-state index contributed by atoms with van der Waals surface area (Å²) in [5.74, 6) is 0.